The van der Waals surface area contributed by atoms with Gasteiger partial charge in [-0.25, -0.2) is 4.79 Å². The summed E-state index contributed by atoms with van der Waals surface area (Å²) >= 11 is 0. The molecule has 2 rings (SSSR count). The zero-order valence-corrected chi connectivity index (χ0v) is 14.5. The molecule has 0 N–H and O–H groups in total. The fourth-order valence-electron chi connectivity index (χ4n) is 2.89. The standard InChI is InChI=1S/C17H24O3Si/c1-6-19-16(18)15-12-17(20-13(15)2,21(3,4)5)14-10-8-7-9-11-14/h7-11H,6,12H2,1-5H3. The van der Waals surface area contributed by atoms with Crippen molar-refractivity contribution in [3.8, 4) is 0 Å². The average molecular weight is 304 g/mol. The highest BCUT2D eigenvalue weighted by Crippen LogP contribution is 2.48. The molecule has 0 aromatic heterocycles. The van der Waals surface area contributed by atoms with Crippen molar-refractivity contribution in [1.29, 1.82) is 0 Å². The fraction of sp³-hybridized carbons (Fsp3) is 0.471. The number of carbonyl (C=O) groups excluding carboxylic acids is 1. The number of esters is 1. The number of ether oxygens (including phenoxy) is 2. The normalized spacial score (nSPS) is 22.1. The first kappa shape index (κ1) is 15.8. The molecule has 1 heterocycles. The zero-order chi connectivity index (χ0) is 15.7. The monoisotopic (exact) mass is 304 g/mol. The van der Waals surface area contributed by atoms with Crippen molar-refractivity contribution in [3.63, 3.8) is 0 Å². The Morgan fingerprint density at radius 2 is 1.90 bits per heavy atom. The predicted octanol–water partition coefficient (Wildman–Crippen LogP) is 4.02. The van der Waals surface area contributed by atoms with Gasteiger partial charge in [0.1, 0.15) is 19.1 Å². The maximum absolute atomic E-state index is 12.2. The SMILES string of the molecule is CCOC(=O)C1=C(C)OC(c2ccccc2)([Si](C)(C)C)C1. The van der Waals surface area contributed by atoms with Crippen molar-refractivity contribution < 1.29 is 14.3 Å². The third-order valence-corrected chi connectivity index (χ3v) is 7.14. The smallest absolute Gasteiger partial charge is 0.337 e. The third kappa shape index (κ3) is 2.77. The van der Waals surface area contributed by atoms with Crippen molar-refractivity contribution in [3.05, 3.63) is 47.2 Å². The zero-order valence-electron chi connectivity index (χ0n) is 13.5. The highest BCUT2D eigenvalue weighted by atomic mass is 28.3. The van der Waals surface area contributed by atoms with Crippen LogP contribution in [0.2, 0.25) is 19.6 Å². The minimum Gasteiger partial charge on any atom is -0.490 e. The summed E-state index contributed by atoms with van der Waals surface area (Å²) in [6, 6.07) is 10.2. The summed E-state index contributed by atoms with van der Waals surface area (Å²) in [4.78, 5) is 12.2. The molecule has 0 spiro atoms. The second kappa shape index (κ2) is 5.68. The molecule has 114 valence electrons. The van der Waals surface area contributed by atoms with Gasteiger partial charge in [-0.3, -0.25) is 0 Å². The number of allylic oxidation sites excluding steroid dienone is 1. The molecule has 0 fully saturated rings. The summed E-state index contributed by atoms with van der Waals surface area (Å²) < 4.78 is 11.5. The van der Waals surface area contributed by atoms with E-state index in [1.54, 1.807) is 0 Å². The van der Waals surface area contributed by atoms with Crippen molar-refractivity contribution in [2.45, 2.75) is 45.1 Å². The van der Waals surface area contributed by atoms with Crippen LogP contribution in [0.25, 0.3) is 0 Å². The number of hydrogen-bond donors (Lipinski definition) is 0. The van der Waals surface area contributed by atoms with Crippen LogP contribution in [-0.2, 0) is 19.5 Å². The van der Waals surface area contributed by atoms with Crippen LogP contribution < -0.4 is 0 Å². The Bertz CT molecular complexity index is 557. The molecular formula is C17H24O3Si. The van der Waals surface area contributed by atoms with Crippen LogP contribution in [0.15, 0.2) is 41.7 Å². The van der Waals surface area contributed by atoms with E-state index in [1.165, 1.54) is 0 Å². The lowest BCUT2D eigenvalue weighted by Gasteiger charge is -2.40. The average Bonchev–Trinajstić information content (AvgIpc) is 2.79. The molecule has 0 aliphatic carbocycles. The van der Waals surface area contributed by atoms with E-state index in [4.69, 9.17) is 9.47 Å². The summed E-state index contributed by atoms with van der Waals surface area (Å²) in [5, 5.41) is -0.388. The Hall–Kier alpha value is -1.55. The van der Waals surface area contributed by atoms with E-state index in [0.717, 1.165) is 5.56 Å². The first-order chi connectivity index (χ1) is 9.82. The van der Waals surface area contributed by atoms with Crippen molar-refractivity contribution in [1.82, 2.24) is 0 Å². The molecule has 0 radical (unpaired) electrons. The Balaban J connectivity index is 2.43. The van der Waals surface area contributed by atoms with E-state index < -0.39 is 8.07 Å². The van der Waals surface area contributed by atoms with Gasteiger partial charge in [0.25, 0.3) is 0 Å². The minimum absolute atomic E-state index is 0.244. The van der Waals surface area contributed by atoms with E-state index in [-0.39, 0.29) is 11.2 Å². The molecule has 1 aromatic rings. The van der Waals surface area contributed by atoms with Gasteiger partial charge in [0.05, 0.1) is 12.2 Å². The molecule has 1 aromatic carbocycles. The van der Waals surface area contributed by atoms with Gasteiger partial charge in [-0.1, -0.05) is 50.0 Å². The summed E-state index contributed by atoms with van der Waals surface area (Å²) in [7, 11) is -1.74. The van der Waals surface area contributed by atoms with E-state index in [1.807, 2.05) is 32.0 Å². The molecule has 0 saturated heterocycles. The molecule has 0 bridgehead atoms. The molecule has 1 aliphatic rings. The second-order valence-corrected chi connectivity index (χ2v) is 11.8. The van der Waals surface area contributed by atoms with Gasteiger partial charge in [-0.05, 0) is 19.4 Å². The molecule has 0 saturated carbocycles. The lowest BCUT2D eigenvalue weighted by atomic mass is 10.0. The van der Waals surface area contributed by atoms with Gasteiger partial charge in [-0.2, -0.15) is 0 Å². The van der Waals surface area contributed by atoms with Crippen LogP contribution in [0.4, 0.5) is 0 Å². The quantitative estimate of drug-likeness (QED) is 0.622. The third-order valence-electron chi connectivity index (χ3n) is 4.15. The molecule has 4 heteroatoms. The fourth-order valence-corrected chi connectivity index (χ4v) is 5.09. The number of carbonyl (C=O) groups is 1. The molecule has 3 nitrogen and oxygen atoms in total. The minimum atomic E-state index is -1.74. The van der Waals surface area contributed by atoms with Crippen LogP contribution in [0.1, 0.15) is 25.8 Å². The lowest BCUT2D eigenvalue weighted by Crippen LogP contribution is -2.49. The van der Waals surface area contributed by atoms with Crippen LogP contribution >= 0.6 is 0 Å². The largest absolute Gasteiger partial charge is 0.490 e. The summed E-state index contributed by atoms with van der Waals surface area (Å²) in [5.74, 6) is 0.464. The van der Waals surface area contributed by atoms with Crippen molar-refractivity contribution in [2.24, 2.45) is 0 Å². The first-order valence-corrected chi connectivity index (χ1v) is 10.9. The molecule has 1 atom stereocenters. The lowest BCUT2D eigenvalue weighted by molar-refractivity contribution is -0.138. The predicted molar refractivity (Wildman–Crippen MR) is 86.5 cm³/mol. The van der Waals surface area contributed by atoms with Crippen LogP contribution in [0.3, 0.4) is 0 Å². The van der Waals surface area contributed by atoms with Crippen molar-refractivity contribution >= 4 is 14.0 Å². The highest BCUT2D eigenvalue weighted by molar-refractivity contribution is 6.78. The van der Waals surface area contributed by atoms with Crippen LogP contribution in [0, 0.1) is 0 Å². The first-order valence-electron chi connectivity index (χ1n) is 7.43. The maximum Gasteiger partial charge on any atom is 0.337 e. The molecular weight excluding hydrogens is 280 g/mol. The maximum atomic E-state index is 12.2. The Morgan fingerprint density at radius 1 is 1.29 bits per heavy atom. The Morgan fingerprint density at radius 3 is 2.43 bits per heavy atom. The van der Waals surface area contributed by atoms with E-state index >= 15 is 0 Å². The number of hydrogen-bond acceptors (Lipinski definition) is 3. The topological polar surface area (TPSA) is 35.5 Å². The number of benzene rings is 1. The van der Waals surface area contributed by atoms with E-state index in [2.05, 4.69) is 31.8 Å². The van der Waals surface area contributed by atoms with E-state index in [9.17, 15) is 4.79 Å². The van der Waals surface area contributed by atoms with Gasteiger partial charge >= 0.3 is 5.97 Å². The van der Waals surface area contributed by atoms with Crippen LogP contribution in [-0.4, -0.2) is 20.7 Å². The Kier molecular flexibility index (Phi) is 4.28. The van der Waals surface area contributed by atoms with Gasteiger partial charge < -0.3 is 9.47 Å². The van der Waals surface area contributed by atoms with Gasteiger partial charge in [-0.15, -0.1) is 0 Å². The van der Waals surface area contributed by atoms with Gasteiger partial charge in [0.2, 0.25) is 0 Å². The molecule has 1 aliphatic heterocycles. The van der Waals surface area contributed by atoms with Gasteiger partial charge in [0, 0.05) is 6.42 Å². The summed E-state index contributed by atoms with van der Waals surface area (Å²) in [6.45, 7) is 10.9. The summed E-state index contributed by atoms with van der Waals surface area (Å²) in [6.07, 6.45) is 0.609. The summed E-state index contributed by atoms with van der Waals surface area (Å²) in [5.41, 5.74) is 1.84. The highest BCUT2D eigenvalue weighted by Gasteiger charge is 2.52. The van der Waals surface area contributed by atoms with Crippen molar-refractivity contribution in [2.75, 3.05) is 6.61 Å². The second-order valence-electron chi connectivity index (χ2n) is 6.48. The van der Waals surface area contributed by atoms with Gasteiger partial charge in [0.15, 0.2) is 0 Å². The Labute approximate surface area is 128 Å². The molecule has 21 heavy (non-hydrogen) atoms. The molecule has 0 amide bonds. The van der Waals surface area contributed by atoms with Crippen LogP contribution in [0.5, 0.6) is 0 Å². The molecule has 1 unspecified atom stereocenters. The number of rotatable bonds is 4. The van der Waals surface area contributed by atoms with E-state index in [0.29, 0.717) is 24.4 Å².